The first-order valence-electron chi connectivity index (χ1n) is 5.37. The smallest absolute Gasteiger partial charge is 0.124 e. The number of methoxy groups -OCH3 is 1. The third-order valence-corrected chi connectivity index (χ3v) is 3.55. The number of benzene rings is 1. The Hall–Kier alpha value is -0.580. The van der Waals surface area contributed by atoms with Crippen molar-refractivity contribution < 1.29 is 9.84 Å². The number of halogens is 1. The van der Waals surface area contributed by atoms with Gasteiger partial charge in [-0.2, -0.15) is 0 Å². The van der Waals surface area contributed by atoms with Crippen LogP contribution in [0.15, 0.2) is 22.7 Å². The van der Waals surface area contributed by atoms with Crippen LogP contribution in [0.5, 0.6) is 5.75 Å². The van der Waals surface area contributed by atoms with Crippen LogP contribution in [0.1, 0.15) is 18.4 Å². The minimum Gasteiger partial charge on any atom is -0.496 e. The summed E-state index contributed by atoms with van der Waals surface area (Å²) in [5.41, 5.74) is 1.09. The highest BCUT2D eigenvalue weighted by atomic mass is 79.9. The van der Waals surface area contributed by atoms with Gasteiger partial charge in [0.1, 0.15) is 5.75 Å². The highest BCUT2D eigenvalue weighted by Gasteiger charge is 2.41. The SMILES string of the molecule is COc1cc(Br)ccc1CNC1(CO)CC1. The molecule has 0 heterocycles. The predicted molar refractivity (Wildman–Crippen MR) is 66.6 cm³/mol. The molecule has 88 valence electrons. The molecule has 1 aromatic carbocycles. The van der Waals surface area contributed by atoms with Gasteiger partial charge < -0.3 is 15.2 Å². The van der Waals surface area contributed by atoms with Gasteiger partial charge in [-0.3, -0.25) is 0 Å². The van der Waals surface area contributed by atoms with Gasteiger partial charge in [-0.15, -0.1) is 0 Å². The van der Waals surface area contributed by atoms with Crippen LogP contribution in [0.3, 0.4) is 0 Å². The lowest BCUT2D eigenvalue weighted by Crippen LogP contribution is -2.34. The first-order valence-corrected chi connectivity index (χ1v) is 6.17. The van der Waals surface area contributed by atoms with Gasteiger partial charge in [0.25, 0.3) is 0 Å². The van der Waals surface area contributed by atoms with E-state index in [2.05, 4.69) is 21.2 Å². The normalized spacial score (nSPS) is 17.2. The van der Waals surface area contributed by atoms with Crippen molar-refractivity contribution in [2.75, 3.05) is 13.7 Å². The summed E-state index contributed by atoms with van der Waals surface area (Å²) in [5.74, 6) is 0.871. The minimum absolute atomic E-state index is 0.0297. The molecule has 0 bridgehead atoms. The zero-order chi connectivity index (χ0) is 11.6. The van der Waals surface area contributed by atoms with E-state index in [9.17, 15) is 5.11 Å². The second kappa shape index (κ2) is 4.73. The molecule has 1 aromatic rings. The molecule has 1 aliphatic carbocycles. The summed E-state index contributed by atoms with van der Waals surface area (Å²) in [5, 5.41) is 12.6. The lowest BCUT2D eigenvalue weighted by molar-refractivity contribution is 0.229. The lowest BCUT2D eigenvalue weighted by atomic mass is 10.2. The average molecular weight is 286 g/mol. The molecule has 0 amide bonds. The zero-order valence-electron chi connectivity index (χ0n) is 9.29. The maximum Gasteiger partial charge on any atom is 0.124 e. The molecule has 1 saturated carbocycles. The van der Waals surface area contributed by atoms with Crippen molar-refractivity contribution in [3.05, 3.63) is 28.2 Å². The van der Waals surface area contributed by atoms with Gasteiger partial charge in [0, 0.05) is 22.1 Å². The maximum absolute atomic E-state index is 9.20. The van der Waals surface area contributed by atoms with E-state index in [0.29, 0.717) is 0 Å². The summed E-state index contributed by atoms with van der Waals surface area (Å²) < 4.78 is 6.32. The largest absolute Gasteiger partial charge is 0.496 e. The van der Waals surface area contributed by atoms with Crippen molar-refractivity contribution in [3.63, 3.8) is 0 Å². The van der Waals surface area contributed by atoms with Crippen LogP contribution in [0.4, 0.5) is 0 Å². The fraction of sp³-hybridized carbons (Fsp3) is 0.500. The summed E-state index contributed by atoms with van der Waals surface area (Å²) in [6.45, 7) is 0.947. The van der Waals surface area contributed by atoms with Crippen molar-refractivity contribution in [2.24, 2.45) is 0 Å². The van der Waals surface area contributed by atoms with E-state index in [1.165, 1.54) is 0 Å². The summed E-state index contributed by atoms with van der Waals surface area (Å²) in [6.07, 6.45) is 2.12. The molecule has 1 fully saturated rings. The van der Waals surface area contributed by atoms with Gasteiger partial charge >= 0.3 is 0 Å². The molecular weight excluding hydrogens is 270 g/mol. The van der Waals surface area contributed by atoms with Crippen LogP contribution in [-0.4, -0.2) is 24.4 Å². The molecule has 0 saturated heterocycles. The number of hydrogen-bond donors (Lipinski definition) is 2. The van der Waals surface area contributed by atoms with Gasteiger partial charge in [0.15, 0.2) is 0 Å². The molecule has 0 atom stereocenters. The van der Waals surface area contributed by atoms with E-state index in [-0.39, 0.29) is 12.1 Å². The predicted octanol–water partition coefficient (Wildman–Crippen LogP) is 2.07. The molecule has 0 spiro atoms. The molecule has 4 heteroatoms. The Balaban J connectivity index is 2.03. The van der Waals surface area contributed by atoms with Gasteiger partial charge in [0.2, 0.25) is 0 Å². The second-order valence-corrected chi connectivity index (χ2v) is 5.16. The lowest BCUT2D eigenvalue weighted by Gasteiger charge is -2.16. The van der Waals surface area contributed by atoms with Crippen LogP contribution >= 0.6 is 15.9 Å². The molecule has 0 radical (unpaired) electrons. The number of aliphatic hydroxyl groups excluding tert-OH is 1. The fourth-order valence-corrected chi connectivity index (χ4v) is 2.03. The summed E-state index contributed by atoms with van der Waals surface area (Å²) in [4.78, 5) is 0. The summed E-state index contributed by atoms with van der Waals surface area (Å²) in [7, 11) is 1.67. The molecule has 0 unspecified atom stereocenters. The Labute approximate surface area is 104 Å². The van der Waals surface area contributed by atoms with Gasteiger partial charge in [-0.25, -0.2) is 0 Å². The van der Waals surface area contributed by atoms with E-state index in [1.54, 1.807) is 7.11 Å². The first kappa shape index (κ1) is 11.9. The number of hydrogen-bond acceptors (Lipinski definition) is 3. The summed E-state index contributed by atoms with van der Waals surface area (Å²) >= 11 is 3.41. The molecule has 2 rings (SSSR count). The maximum atomic E-state index is 9.20. The molecule has 1 aliphatic rings. The molecule has 0 aliphatic heterocycles. The topological polar surface area (TPSA) is 41.5 Å². The molecule has 0 aromatic heterocycles. The van der Waals surface area contributed by atoms with Crippen molar-refractivity contribution in [3.8, 4) is 5.75 Å². The van der Waals surface area contributed by atoms with Crippen LogP contribution < -0.4 is 10.1 Å². The monoisotopic (exact) mass is 285 g/mol. The highest BCUT2D eigenvalue weighted by Crippen LogP contribution is 2.35. The van der Waals surface area contributed by atoms with E-state index in [4.69, 9.17) is 4.74 Å². The second-order valence-electron chi connectivity index (χ2n) is 4.25. The number of rotatable bonds is 5. The third kappa shape index (κ3) is 2.56. The van der Waals surface area contributed by atoms with Crippen molar-refractivity contribution in [1.29, 1.82) is 0 Å². The van der Waals surface area contributed by atoms with E-state index in [0.717, 1.165) is 35.2 Å². The van der Waals surface area contributed by atoms with Gasteiger partial charge in [0.05, 0.1) is 13.7 Å². The van der Waals surface area contributed by atoms with Crippen LogP contribution in [0, 0.1) is 0 Å². The number of aliphatic hydroxyl groups is 1. The van der Waals surface area contributed by atoms with E-state index >= 15 is 0 Å². The van der Waals surface area contributed by atoms with Crippen LogP contribution in [-0.2, 0) is 6.54 Å². The number of nitrogens with one attached hydrogen (secondary N) is 1. The van der Waals surface area contributed by atoms with E-state index in [1.807, 2.05) is 18.2 Å². The Morgan fingerprint density at radius 2 is 2.25 bits per heavy atom. The minimum atomic E-state index is -0.0297. The Bertz CT molecular complexity index is 377. The van der Waals surface area contributed by atoms with Crippen molar-refractivity contribution >= 4 is 15.9 Å². The molecular formula is C12H16BrNO2. The third-order valence-electron chi connectivity index (χ3n) is 3.06. The van der Waals surface area contributed by atoms with Crippen LogP contribution in [0.25, 0.3) is 0 Å². The molecule has 2 N–H and O–H groups in total. The Kier molecular flexibility index (Phi) is 3.52. The quantitative estimate of drug-likeness (QED) is 0.870. The molecule has 16 heavy (non-hydrogen) atoms. The first-order chi connectivity index (χ1) is 7.69. The average Bonchev–Trinajstić information content (AvgIpc) is 3.08. The van der Waals surface area contributed by atoms with E-state index < -0.39 is 0 Å². The Morgan fingerprint density at radius 3 is 2.81 bits per heavy atom. The standard InChI is InChI=1S/C12H16BrNO2/c1-16-11-6-10(13)3-2-9(11)7-14-12(8-15)4-5-12/h2-3,6,14-15H,4-5,7-8H2,1H3. The van der Waals surface area contributed by atoms with Crippen molar-refractivity contribution in [2.45, 2.75) is 24.9 Å². The highest BCUT2D eigenvalue weighted by molar-refractivity contribution is 9.10. The molecule has 3 nitrogen and oxygen atoms in total. The fourth-order valence-electron chi connectivity index (χ4n) is 1.69. The van der Waals surface area contributed by atoms with Crippen LogP contribution in [0.2, 0.25) is 0 Å². The van der Waals surface area contributed by atoms with Gasteiger partial charge in [-0.1, -0.05) is 22.0 Å². The number of ether oxygens (including phenoxy) is 1. The van der Waals surface area contributed by atoms with Crippen molar-refractivity contribution in [1.82, 2.24) is 5.32 Å². The summed E-state index contributed by atoms with van der Waals surface area (Å²) in [6, 6.07) is 5.98. The Morgan fingerprint density at radius 1 is 1.50 bits per heavy atom. The zero-order valence-corrected chi connectivity index (χ0v) is 10.9. The van der Waals surface area contributed by atoms with Gasteiger partial charge in [-0.05, 0) is 25.0 Å².